The third-order valence-electron chi connectivity index (χ3n) is 5.64. The number of carbonyl (C=O) groups is 1. The zero-order valence-electron chi connectivity index (χ0n) is 17.7. The summed E-state index contributed by atoms with van der Waals surface area (Å²) in [7, 11) is 1.54. The molecule has 0 radical (unpaired) electrons. The smallest absolute Gasteiger partial charge is 0.228 e. The minimum absolute atomic E-state index is 0.0799. The Labute approximate surface area is 178 Å². The Balaban J connectivity index is 1.59. The van der Waals surface area contributed by atoms with Gasteiger partial charge in [-0.1, -0.05) is 38.0 Å². The second kappa shape index (κ2) is 11.0. The van der Waals surface area contributed by atoms with E-state index in [9.17, 15) is 4.79 Å². The van der Waals surface area contributed by atoms with Gasteiger partial charge in [0.2, 0.25) is 5.91 Å². The summed E-state index contributed by atoms with van der Waals surface area (Å²) in [4.78, 5) is 12.6. The quantitative estimate of drug-likeness (QED) is 0.468. The molecule has 2 aromatic rings. The van der Waals surface area contributed by atoms with Crippen molar-refractivity contribution in [3.8, 4) is 11.5 Å². The summed E-state index contributed by atoms with van der Waals surface area (Å²) in [6.45, 7) is 1.83. The lowest BCUT2D eigenvalue weighted by Crippen LogP contribution is -2.15. The van der Waals surface area contributed by atoms with Gasteiger partial charge in [0, 0.05) is 5.69 Å². The van der Waals surface area contributed by atoms with Crippen LogP contribution in [0.3, 0.4) is 0 Å². The average molecular weight is 414 g/mol. The largest absolute Gasteiger partial charge is 0.493 e. The molecule has 1 saturated carbocycles. The monoisotopic (exact) mass is 413 g/mol. The van der Waals surface area contributed by atoms with Crippen molar-refractivity contribution in [1.29, 1.82) is 0 Å². The van der Waals surface area contributed by atoms with Crippen molar-refractivity contribution in [3.63, 3.8) is 0 Å². The Morgan fingerprint density at radius 1 is 1.10 bits per heavy atom. The van der Waals surface area contributed by atoms with Gasteiger partial charge in [0.25, 0.3) is 0 Å². The van der Waals surface area contributed by atoms with Gasteiger partial charge in [-0.05, 0) is 60.1 Å². The lowest BCUT2D eigenvalue weighted by molar-refractivity contribution is -0.115. The Hall–Kier alpha value is -2.57. The summed E-state index contributed by atoms with van der Waals surface area (Å²) in [5.74, 6) is 2.33. The molecule has 1 amide bonds. The predicted molar refractivity (Wildman–Crippen MR) is 116 cm³/mol. The van der Waals surface area contributed by atoms with Crippen molar-refractivity contribution >= 4 is 11.6 Å². The first-order valence-electron chi connectivity index (χ1n) is 10.5. The standard InChI is InChI=1S/C24H31NO5/c1-17-6-9-19(10-7-17)20-4-3-5-21(14-20)25-24(27)13-18-8-11-22(23(12-18)28-2)30-16-29-15-26/h3-5,8,11-12,14,17,19,26H,6-7,9-10,13,15-16H2,1-2H3,(H,25,27). The fourth-order valence-corrected chi connectivity index (χ4v) is 3.94. The molecule has 6 heteroatoms. The van der Waals surface area contributed by atoms with Crippen LogP contribution in [-0.2, 0) is 16.0 Å². The van der Waals surface area contributed by atoms with E-state index in [0.717, 1.165) is 17.2 Å². The molecule has 0 bridgehead atoms. The molecule has 1 aliphatic carbocycles. The fraction of sp³-hybridized carbons (Fsp3) is 0.458. The van der Waals surface area contributed by atoms with Gasteiger partial charge < -0.3 is 24.6 Å². The third-order valence-corrected chi connectivity index (χ3v) is 5.64. The number of carbonyl (C=O) groups excluding carboxylic acids is 1. The summed E-state index contributed by atoms with van der Waals surface area (Å²) in [5, 5.41) is 11.7. The molecule has 1 aliphatic rings. The van der Waals surface area contributed by atoms with Crippen LogP contribution in [0.25, 0.3) is 0 Å². The molecule has 162 valence electrons. The van der Waals surface area contributed by atoms with Crippen molar-refractivity contribution in [1.82, 2.24) is 0 Å². The highest BCUT2D eigenvalue weighted by atomic mass is 16.7. The minimum Gasteiger partial charge on any atom is -0.493 e. The van der Waals surface area contributed by atoms with Crippen molar-refractivity contribution in [2.75, 3.05) is 26.0 Å². The fourth-order valence-electron chi connectivity index (χ4n) is 3.94. The number of hydrogen-bond acceptors (Lipinski definition) is 5. The van der Waals surface area contributed by atoms with Crippen molar-refractivity contribution in [2.45, 2.75) is 44.9 Å². The SMILES string of the molecule is COc1cc(CC(=O)Nc2cccc(C3CCC(C)CC3)c2)ccc1OCOCO. The topological polar surface area (TPSA) is 77.0 Å². The Kier molecular flexibility index (Phi) is 8.11. The first-order chi connectivity index (χ1) is 14.6. The number of nitrogens with one attached hydrogen (secondary N) is 1. The van der Waals surface area contributed by atoms with Crippen molar-refractivity contribution < 1.29 is 24.1 Å². The second-order valence-corrected chi connectivity index (χ2v) is 7.89. The van der Waals surface area contributed by atoms with Crippen LogP contribution in [0.15, 0.2) is 42.5 Å². The maximum Gasteiger partial charge on any atom is 0.228 e. The number of amides is 1. The molecule has 6 nitrogen and oxygen atoms in total. The Morgan fingerprint density at radius 3 is 2.63 bits per heavy atom. The molecule has 2 aromatic carbocycles. The van der Waals surface area contributed by atoms with Crippen molar-refractivity contribution in [3.05, 3.63) is 53.6 Å². The van der Waals surface area contributed by atoms with Gasteiger partial charge >= 0.3 is 0 Å². The van der Waals surface area contributed by atoms with E-state index in [-0.39, 0.29) is 19.1 Å². The molecule has 2 N–H and O–H groups in total. The Morgan fingerprint density at radius 2 is 1.90 bits per heavy atom. The highest BCUT2D eigenvalue weighted by Gasteiger charge is 2.20. The number of anilines is 1. The van der Waals surface area contributed by atoms with Crippen molar-refractivity contribution in [2.24, 2.45) is 5.92 Å². The van der Waals surface area contributed by atoms with E-state index in [4.69, 9.17) is 19.3 Å². The molecule has 0 unspecified atom stereocenters. The molecule has 0 aliphatic heterocycles. The van der Waals surface area contributed by atoms with E-state index < -0.39 is 6.79 Å². The van der Waals surface area contributed by atoms with E-state index in [2.05, 4.69) is 24.4 Å². The molecule has 30 heavy (non-hydrogen) atoms. The van der Waals surface area contributed by atoms with Crippen LogP contribution in [0.5, 0.6) is 11.5 Å². The first kappa shape index (κ1) is 22.1. The van der Waals surface area contributed by atoms with Crippen LogP contribution >= 0.6 is 0 Å². The van der Waals surface area contributed by atoms with E-state index >= 15 is 0 Å². The van der Waals surface area contributed by atoms with E-state index in [1.54, 1.807) is 12.1 Å². The molecule has 0 heterocycles. The number of rotatable bonds is 9. The van der Waals surface area contributed by atoms with Crippen LogP contribution in [0.2, 0.25) is 0 Å². The highest BCUT2D eigenvalue weighted by molar-refractivity contribution is 5.92. The number of hydrogen-bond donors (Lipinski definition) is 2. The molecule has 1 fully saturated rings. The number of methoxy groups -OCH3 is 1. The second-order valence-electron chi connectivity index (χ2n) is 7.89. The Bertz CT molecular complexity index is 830. The van der Waals surface area contributed by atoms with Gasteiger partial charge in [0.05, 0.1) is 13.5 Å². The van der Waals surface area contributed by atoms with Gasteiger partial charge in [-0.2, -0.15) is 0 Å². The number of aliphatic hydroxyl groups is 1. The molecule has 0 aromatic heterocycles. The van der Waals surface area contributed by atoms with Gasteiger partial charge in [-0.25, -0.2) is 0 Å². The number of aliphatic hydroxyl groups excluding tert-OH is 1. The van der Waals surface area contributed by atoms with Gasteiger partial charge in [0.15, 0.2) is 18.3 Å². The lowest BCUT2D eigenvalue weighted by Gasteiger charge is -2.26. The van der Waals surface area contributed by atoms with Gasteiger partial charge in [-0.15, -0.1) is 0 Å². The summed E-state index contributed by atoms with van der Waals surface area (Å²) in [5.41, 5.74) is 2.97. The van der Waals surface area contributed by atoms with Crippen LogP contribution in [0.4, 0.5) is 5.69 Å². The molecular formula is C24H31NO5. The summed E-state index contributed by atoms with van der Waals surface area (Å²) < 4.78 is 15.5. The maximum absolute atomic E-state index is 12.6. The molecule has 0 spiro atoms. The van der Waals surface area contributed by atoms with E-state index in [1.165, 1.54) is 38.4 Å². The molecule has 3 rings (SSSR count). The first-order valence-corrected chi connectivity index (χ1v) is 10.5. The third kappa shape index (κ3) is 6.21. The number of ether oxygens (including phenoxy) is 3. The molecular weight excluding hydrogens is 382 g/mol. The van der Waals surface area contributed by atoms with Crippen LogP contribution in [0, 0.1) is 5.92 Å². The van der Waals surface area contributed by atoms with Crippen LogP contribution in [0.1, 0.15) is 49.7 Å². The zero-order chi connectivity index (χ0) is 21.3. The zero-order valence-corrected chi connectivity index (χ0v) is 17.7. The van der Waals surface area contributed by atoms with E-state index in [1.807, 2.05) is 18.2 Å². The molecule has 0 saturated heterocycles. The maximum atomic E-state index is 12.6. The number of benzene rings is 2. The normalized spacial score (nSPS) is 18.6. The predicted octanol–water partition coefficient (Wildman–Crippen LogP) is 4.47. The average Bonchev–Trinajstić information content (AvgIpc) is 2.75. The van der Waals surface area contributed by atoms with Gasteiger partial charge in [-0.3, -0.25) is 4.79 Å². The summed E-state index contributed by atoms with van der Waals surface area (Å²) in [6, 6.07) is 13.5. The van der Waals surface area contributed by atoms with Crippen LogP contribution in [-0.4, -0.2) is 31.7 Å². The highest BCUT2D eigenvalue weighted by Crippen LogP contribution is 2.36. The van der Waals surface area contributed by atoms with E-state index in [0.29, 0.717) is 17.4 Å². The van der Waals surface area contributed by atoms with Crippen LogP contribution < -0.4 is 14.8 Å². The summed E-state index contributed by atoms with van der Waals surface area (Å²) >= 11 is 0. The minimum atomic E-state index is -0.415. The van der Waals surface area contributed by atoms with Gasteiger partial charge in [0.1, 0.15) is 6.79 Å². The summed E-state index contributed by atoms with van der Waals surface area (Å²) in [6.07, 6.45) is 5.21. The molecule has 0 atom stereocenters. The lowest BCUT2D eigenvalue weighted by atomic mass is 9.79.